The van der Waals surface area contributed by atoms with E-state index in [4.69, 9.17) is 0 Å². The molecule has 5 heteroatoms. The summed E-state index contributed by atoms with van der Waals surface area (Å²) in [5.41, 5.74) is 2.83. The van der Waals surface area contributed by atoms with Crippen LogP contribution in [-0.4, -0.2) is 49.4 Å². The van der Waals surface area contributed by atoms with Gasteiger partial charge in [0.2, 0.25) is 0 Å². The number of quaternary nitrogens is 1. The smallest absolute Gasteiger partial charge is 0.279 e. The molecule has 1 heterocycles. The molecule has 28 heavy (non-hydrogen) atoms. The SMILES string of the molecule is CC[C@H](C)c1ccccc1NC(=O)C[NH+]1CCN(C(=O)c2ccccc2)CC1. The second kappa shape index (κ2) is 9.51. The molecule has 1 aliphatic heterocycles. The lowest BCUT2D eigenvalue weighted by atomic mass is 9.97. The second-order valence-corrected chi connectivity index (χ2v) is 7.53. The normalized spacial score (nSPS) is 15.9. The molecule has 0 bridgehead atoms. The van der Waals surface area contributed by atoms with Crippen LogP contribution in [0, 0.1) is 0 Å². The van der Waals surface area contributed by atoms with E-state index in [0.29, 0.717) is 25.6 Å². The Labute approximate surface area is 167 Å². The lowest BCUT2D eigenvalue weighted by Crippen LogP contribution is -3.15. The van der Waals surface area contributed by atoms with Crippen molar-refractivity contribution in [1.29, 1.82) is 0 Å². The number of hydrogen-bond donors (Lipinski definition) is 2. The van der Waals surface area contributed by atoms with E-state index in [2.05, 4.69) is 25.2 Å². The highest BCUT2D eigenvalue weighted by molar-refractivity contribution is 5.94. The van der Waals surface area contributed by atoms with Crippen LogP contribution in [0.5, 0.6) is 0 Å². The predicted molar refractivity (Wildman–Crippen MR) is 112 cm³/mol. The number of hydrogen-bond acceptors (Lipinski definition) is 2. The van der Waals surface area contributed by atoms with Crippen molar-refractivity contribution < 1.29 is 14.5 Å². The van der Waals surface area contributed by atoms with Crippen molar-refractivity contribution in [1.82, 2.24) is 4.90 Å². The highest BCUT2D eigenvalue weighted by Gasteiger charge is 2.26. The van der Waals surface area contributed by atoms with Gasteiger partial charge in [0.15, 0.2) is 6.54 Å². The first kappa shape index (κ1) is 20.1. The maximum absolute atomic E-state index is 12.6. The Bertz CT molecular complexity index is 799. The largest absolute Gasteiger partial charge is 0.327 e. The quantitative estimate of drug-likeness (QED) is 0.807. The van der Waals surface area contributed by atoms with Crippen LogP contribution in [0.3, 0.4) is 0 Å². The minimum atomic E-state index is 0.0357. The number of piperazine rings is 1. The highest BCUT2D eigenvalue weighted by atomic mass is 16.2. The standard InChI is InChI=1S/C23H29N3O2/c1-3-18(2)20-11-7-8-12-21(20)24-22(27)17-25-13-15-26(16-14-25)23(28)19-9-5-4-6-10-19/h4-12,18H,3,13-17H2,1-2H3,(H,24,27)/p+1/t18-/m0/s1. The third-order valence-electron chi connectivity index (χ3n) is 5.57. The summed E-state index contributed by atoms with van der Waals surface area (Å²) in [6.07, 6.45) is 1.04. The summed E-state index contributed by atoms with van der Waals surface area (Å²) in [7, 11) is 0. The molecule has 5 nitrogen and oxygen atoms in total. The lowest BCUT2D eigenvalue weighted by Gasteiger charge is -2.32. The molecule has 2 aromatic carbocycles. The van der Waals surface area contributed by atoms with E-state index in [1.165, 1.54) is 10.5 Å². The number of rotatable bonds is 6. The van der Waals surface area contributed by atoms with Gasteiger partial charge in [-0.15, -0.1) is 0 Å². The summed E-state index contributed by atoms with van der Waals surface area (Å²) in [5.74, 6) is 0.525. The molecule has 1 atom stereocenters. The molecule has 0 spiro atoms. The van der Waals surface area contributed by atoms with Crippen LogP contribution in [0.25, 0.3) is 0 Å². The van der Waals surface area contributed by atoms with Gasteiger partial charge in [0.1, 0.15) is 0 Å². The average molecular weight is 381 g/mol. The molecule has 1 fully saturated rings. The van der Waals surface area contributed by atoms with Crippen molar-refractivity contribution in [2.75, 3.05) is 38.0 Å². The molecule has 0 unspecified atom stereocenters. The first-order valence-corrected chi connectivity index (χ1v) is 10.1. The van der Waals surface area contributed by atoms with E-state index in [0.717, 1.165) is 30.8 Å². The van der Waals surface area contributed by atoms with Crippen molar-refractivity contribution in [3.63, 3.8) is 0 Å². The number of nitrogens with one attached hydrogen (secondary N) is 2. The number of para-hydroxylation sites is 1. The third kappa shape index (κ3) is 4.98. The summed E-state index contributed by atoms with van der Waals surface area (Å²) in [6.45, 7) is 7.71. The van der Waals surface area contributed by atoms with E-state index in [1.807, 2.05) is 53.4 Å². The Hall–Kier alpha value is -2.66. The molecule has 1 saturated heterocycles. The molecule has 1 aliphatic rings. The summed E-state index contributed by atoms with van der Waals surface area (Å²) in [6, 6.07) is 17.4. The second-order valence-electron chi connectivity index (χ2n) is 7.53. The van der Waals surface area contributed by atoms with Crippen molar-refractivity contribution >= 4 is 17.5 Å². The fraction of sp³-hybridized carbons (Fsp3) is 0.391. The molecule has 0 saturated carbocycles. The van der Waals surface area contributed by atoms with Crippen LogP contribution in [0.15, 0.2) is 54.6 Å². The van der Waals surface area contributed by atoms with E-state index in [1.54, 1.807) is 0 Å². The maximum atomic E-state index is 12.6. The average Bonchev–Trinajstić information content (AvgIpc) is 2.74. The number of amides is 2. The van der Waals surface area contributed by atoms with Crippen LogP contribution >= 0.6 is 0 Å². The minimum Gasteiger partial charge on any atom is -0.327 e. The summed E-state index contributed by atoms with van der Waals surface area (Å²) < 4.78 is 0. The van der Waals surface area contributed by atoms with Crippen molar-refractivity contribution in [3.05, 3.63) is 65.7 Å². The zero-order chi connectivity index (χ0) is 19.9. The first-order chi connectivity index (χ1) is 13.6. The van der Waals surface area contributed by atoms with Crippen LogP contribution in [0.1, 0.15) is 42.1 Å². The number of nitrogens with zero attached hydrogens (tertiary/aromatic N) is 1. The highest BCUT2D eigenvalue weighted by Crippen LogP contribution is 2.26. The van der Waals surface area contributed by atoms with Gasteiger partial charge in [-0.25, -0.2) is 0 Å². The molecular formula is C23H30N3O2+. The number of carbonyl (C=O) groups is 2. The Morgan fingerprint density at radius 2 is 1.68 bits per heavy atom. The summed E-state index contributed by atoms with van der Waals surface area (Å²) in [4.78, 5) is 28.2. The monoisotopic (exact) mass is 380 g/mol. The third-order valence-corrected chi connectivity index (χ3v) is 5.57. The zero-order valence-electron chi connectivity index (χ0n) is 16.8. The van der Waals surface area contributed by atoms with Crippen molar-refractivity contribution in [2.45, 2.75) is 26.2 Å². The van der Waals surface area contributed by atoms with E-state index in [9.17, 15) is 9.59 Å². The van der Waals surface area contributed by atoms with Gasteiger partial charge < -0.3 is 15.1 Å². The Morgan fingerprint density at radius 1 is 1.04 bits per heavy atom. The molecule has 2 N–H and O–H groups in total. The van der Waals surface area contributed by atoms with Crippen LogP contribution in [0.2, 0.25) is 0 Å². The van der Waals surface area contributed by atoms with Gasteiger partial charge in [0, 0.05) is 11.3 Å². The molecule has 3 rings (SSSR count). The first-order valence-electron chi connectivity index (χ1n) is 10.1. The molecule has 2 aromatic rings. The topological polar surface area (TPSA) is 53.9 Å². The Balaban J connectivity index is 1.51. The molecule has 0 aliphatic carbocycles. The fourth-order valence-corrected chi connectivity index (χ4v) is 3.65. The van der Waals surface area contributed by atoms with Crippen LogP contribution < -0.4 is 10.2 Å². The van der Waals surface area contributed by atoms with E-state index in [-0.39, 0.29) is 11.8 Å². The van der Waals surface area contributed by atoms with E-state index >= 15 is 0 Å². The molecule has 0 radical (unpaired) electrons. The predicted octanol–water partition coefficient (Wildman–Crippen LogP) is 2.18. The van der Waals surface area contributed by atoms with Gasteiger partial charge in [0.25, 0.3) is 11.8 Å². The number of anilines is 1. The molecule has 148 valence electrons. The Kier molecular flexibility index (Phi) is 6.82. The molecular weight excluding hydrogens is 350 g/mol. The van der Waals surface area contributed by atoms with Gasteiger partial charge in [-0.1, -0.05) is 50.2 Å². The minimum absolute atomic E-state index is 0.0357. The van der Waals surface area contributed by atoms with Gasteiger partial charge >= 0.3 is 0 Å². The molecule has 2 amide bonds. The maximum Gasteiger partial charge on any atom is 0.279 e. The van der Waals surface area contributed by atoms with Crippen molar-refractivity contribution in [3.8, 4) is 0 Å². The fourth-order valence-electron chi connectivity index (χ4n) is 3.65. The zero-order valence-corrected chi connectivity index (χ0v) is 16.8. The summed E-state index contributed by atoms with van der Waals surface area (Å²) in [5, 5.41) is 3.09. The van der Waals surface area contributed by atoms with Crippen LogP contribution in [-0.2, 0) is 4.79 Å². The number of benzene rings is 2. The Morgan fingerprint density at radius 3 is 2.36 bits per heavy atom. The molecule has 0 aromatic heterocycles. The van der Waals surface area contributed by atoms with Gasteiger partial charge in [0.05, 0.1) is 26.2 Å². The van der Waals surface area contributed by atoms with Gasteiger partial charge in [-0.3, -0.25) is 9.59 Å². The van der Waals surface area contributed by atoms with Gasteiger partial charge in [-0.05, 0) is 36.1 Å². The summed E-state index contributed by atoms with van der Waals surface area (Å²) >= 11 is 0. The van der Waals surface area contributed by atoms with E-state index < -0.39 is 0 Å². The number of carbonyl (C=O) groups excluding carboxylic acids is 2. The van der Waals surface area contributed by atoms with Crippen LogP contribution in [0.4, 0.5) is 5.69 Å². The lowest BCUT2D eigenvalue weighted by molar-refractivity contribution is -0.895. The van der Waals surface area contributed by atoms with Gasteiger partial charge in [-0.2, -0.15) is 0 Å². The van der Waals surface area contributed by atoms with Crippen molar-refractivity contribution in [2.24, 2.45) is 0 Å².